The summed E-state index contributed by atoms with van der Waals surface area (Å²) < 4.78 is 9.03. The summed E-state index contributed by atoms with van der Waals surface area (Å²) in [5.74, 6) is 0. The summed E-state index contributed by atoms with van der Waals surface area (Å²) in [5.41, 5.74) is 6.08. The van der Waals surface area contributed by atoms with Crippen molar-refractivity contribution in [2.75, 3.05) is 0 Å². The molecule has 6 aromatic rings. The van der Waals surface area contributed by atoms with Crippen LogP contribution in [0.1, 0.15) is 16.8 Å². The molecule has 0 radical (unpaired) electrons. The molecule has 0 aliphatic carbocycles. The second kappa shape index (κ2) is 10.0. The van der Waals surface area contributed by atoms with Gasteiger partial charge in [0.1, 0.15) is 5.69 Å². The lowest BCUT2D eigenvalue weighted by molar-refractivity contribution is 0.105. The van der Waals surface area contributed by atoms with Crippen molar-refractivity contribution >= 4 is 37.6 Å². The summed E-state index contributed by atoms with van der Waals surface area (Å²) >= 11 is 3.53. The van der Waals surface area contributed by atoms with Gasteiger partial charge in [-0.25, -0.2) is 9.67 Å². The Morgan fingerprint density at radius 3 is 2.44 bits per heavy atom. The van der Waals surface area contributed by atoms with Gasteiger partial charge in [0.25, 0.3) is 0 Å². The fraction of sp³-hybridized carbons (Fsp3) is 0.100. The molecule has 2 aromatic heterocycles. The highest BCUT2D eigenvalue weighted by Crippen LogP contribution is 2.31. The zero-order chi connectivity index (χ0) is 24.3. The molecule has 0 fully saturated rings. The summed E-state index contributed by atoms with van der Waals surface area (Å²) in [7, 11) is 0. The Morgan fingerprint density at radius 1 is 0.778 bits per heavy atom. The van der Waals surface area contributed by atoms with Crippen LogP contribution in [0.5, 0.6) is 0 Å². The third kappa shape index (κ3) is 4.78. The highest BCUT2D eigenvalue weighted by atomic mass is 79.9. The molecule has 0 amide bonds. The average Bonchev–Trinajstić information content (AvgIpc) is 3.36. The van der Waals surface area contributed by atoms with Crippen molar-refractivity contribution in [3.8, 4) is 11.3 Å². The number of hydrogen-bond acceptors (Lipinski definition) is 4. The van der Waals surface area contributed by atoms with Crippen LogP contribution in [-0.2, 0) is 24.5 Å². The number of ether oxygens (including phenoxy) is 1. The number of nitrogens with zero attached hydrogens (tertiary/aromatic N) is 4. The first-order chi connectivity index (χ1) is 17.7. The number of aromatic nitrogens is 4. The minimum Gasteiger partial charge on any atom is -0.370 e. The van der Waals surface area contributed by atoms with Gasteiger partial charge < -0.3 is 4.74 Å². The number of rotatable bonds is 7. The third-order valence-electron chi connectivity index (χ3n) is 6.21. The van der Waals surface area contributed by atoms with Crippen LogP contribution in [0.4, 0.5) is 0 Å². The first-order valence-corrected chi connectivity index (χ1v) is 12.6. The number of benzene rings is 4. The van der Waals surface area contributed by atoms with Gasteiger partial charge in [-0.15, -0.1) is 5.10 Å². The van der Waals surface area contributed by atoms with E-state index < -0.39 is 0 Å². The molecule has 0 spiro atoms. The average molecular weight is 535 g/mol. The Balaban J connectivity index is 1.28. The standard InChI is InChI=1S/C30H23BrN4O/c31-25-13-10-23(11-14-25)29-16-24(28-15-12-22-8-4-5-9-27(22)30(28)32-29)19-36-20-26-18-35(34-33-26)17-21-6-2-1-3-7-21/h1-16,18H,17,19-20H2. The fourth-order valence-corrected chi connectivity index (χ4v) is 4.70. The number of halogens is 1. The predicted octanol–water partition coefficient (Wildman–Crippen LogP) is 7.17. The molecule has 6 rings (SSSR count). The van der Waals surface area contributed by atoms with E-state index in [1.807, 2.05) is 41.2 Å². The fourth-order valence-electron chi connectivity index (χ4n) is 4.44. The molecule has 176 valence electrons. The normalized spacial score (nSPS) is 11.4. The van der Waals surface area contributed by atoms with Crippen LogP contribution in [-0.4, -0.2) is 20.0 Å². The lowest BCUT2D eigenvalue weighted by atomic mass is 10.0. The summed E-state index contributed by atoms with van der Waals surface area (Å²) in [6, 6.07) is 33.3. The van der Waals surface area contributed by atoms with Crippen molar-refractivity contribution in [2.45, 2.75) is 19.8 Å². The Bertz CT molecular complexity index is 1650. The van der Waals surface area contributed by atoms with Crippen LogP contribution < -0.4 is 0 Å². The molecule has 4 aromatic carbocycles. The van der Waals surface area contributed by atoms with E-state index in [1.165, 1.54) is 10.9 Å². The maximum atomic E-state index is 6.15. The Hall–Kier alpha value is -3.87. The van der Waals surface area contributed by atoms with Crippen LogP contribution in [0.15, 0.2) is 108 Å². The molecule has 6 heteroatoms. The molecule has 0 N–H and O–H groups in total. The van der Waals surface area contributed by atoms with Gasteiger partial charge in [-0.05, 0) is 34.7 Å². The maximum absolute atomic E-state index is 6.15. The lowest BCUT2D eigenvalue weighted by Crippen LogP contribution is -2.00. The smallest absolute Gasteiger partial charge is 0.108 e. The molecule has 0 saturated heterocycles. The molecule has 5 nitrogen and oxygen atoms in total. The quantitative estimate of drug-likeness (QED) is 0.203. The summed E-state index contributed by atoms with van der Waals surface area (Å²) in [4.78, 5) is 5.08. The van der Waals surface area contributed by atoms with Crippen molar-refractivity contribution < 1.29 is 4.74 Å². The predicted molar refractivity (Wildman–Crippen MR) is 146 cm³/mol. The van der Waals surface area contributed by atoms with Crippen molar-refractivity contribution in [1.82, 2.24) is 20.0 Å². The largest absolute Gasteiger partial charge is 0.370 e. The van der Waals surface area contributed by atoms with Crippen molar-refractivity contribution in [1.29, 1.82) is 0 Å². The minimum absolute atomic E-state index is 0.389. The monoisotopic (exact) mass is 534 g/mol. The van der Waals surface area contributed by atoms with Gasteiger partial charge in [-0.3, -0.25) is 0 Å². The van der Waals surface area contributed by atoms with Crippen molar-refractivity contribution in [2.24, 2.45) is 0 Å². The molecular weight excluding hydrogens is 512 g/mol. The highest BCUT2D eigenvalue weighted by Gasteiger charge is 2.12. The summed E-state index contributed by atoms with van der Waals surface area (Å²) in [6.07, 6.45) is 1.94. The first-order valence-electron chi connectivity index (χ1n) is 11.8. The summed E-state index contributed by atoms with van der Waals surface area (Å²) in [6.45, 7) is 1.53. The molecular formula is C30H23BrN4O. The second-order valence-corrected chi connectivity index (χ2v) is 9.66. The van der Waals surface area contributed by atoms with Gasteiger partial charge in [0, 0.05) is 20.8 Å². The number of hydrogen-bond donors (Lipinski definition) is 0. The van der Waals surface area contributed by atoms with Gasteiger partial charge in [-0.2, -0.15) is 0 Å². The van der Waals surface area contributed by atoms with E-state index in [1.54, 1.807) is 0 Å². The van der Waals surface area contributed by atoms with Gasteiger partial charge in [0.05, 0.1) is 37.2 Å². The van der Waals surface area contributed by atoms with E-state index in [9.17, 15) is 0 Å². The molecule has 0 aliphatic rings. The van der Waals surface area contributed by atoms with Crippen LogP contribution in [0, 0.1) is 0 Å². The Kier molecular flexibility index (Phi) is 6.28. The molecule has 36 heavy (non-hydrogen) atoms. The Morgan fingerprint density at radius 2 is 1.58 bits per heavy atom. The van der Waals surface area contributed by atoms with Crippen molar-refractivity contribution in [3.05, 3.63) is 125 Å². The third-order valence-corrected chi connectivity index (χ3v) is 6.74. The highest BCUT2D eigenvalue weighted by molar-refractivity contribution is 9.10. The van der Waals surface area contributed by atoms with Crippen LogP contribution >= 0.6 is 15.9 Å². The Labute approximate surface area is 217 Å². The molecule has 0 bridgehead atoms. The minimum atomic E-state index is 0.389. The van der Waals surface area contributed by atoms with E-state index >= 15 is 0 Å². The maximum Gasteiger partial charge on any atom is 0.108 e. The number of pyridine rings is 1. The van der Waals surface area contributed by atoms with E-state index in [-0.39, 0.29) is 0 Å². The molecule has 0 aliphatic heterocycles. The first kappa shape index (κ1) is 22.6. The summed E-state index contributed by atoms with van der Waals surface area (Å²) in [5, 5.41) is 12.0. The number of fused-ring (bicyclic) bond motifs is 3. The second-order valence-electron chi connectivity index (χ2n) is 8.74. The van der Waals surface area contributed by atoms with Crippen LogP contribution in [0.3, 0.4) is 0 Å². The van der Waals surface area contributed by atoms with E-state index in [4.69, 9.17) is 9.72 Å². The van der Waals surface area contributed by atoms with Crippen LogP contribution in [0.2, 0.25) is 0 Å². The van der Waals surface area contributed by atoms with Gasteiger partial charge in [0.15, 0.2) is 0 Å². The van der Waals surface area contributed by atoms with E-state index in [0.29, 0.717) is 19.8 Å². The molecule has 2 heterocycles. The molecule has 0 atom stereocenters. The van der Waals surface area contributed by atoms with E-state index in [0.717, 1.165) is 43.3 Å². The topological polar surface area (TPSA) is 52.8 Å². The molecule has 0 unspecified atom stereocenters. The van der Waals surface area contributed by atoms with Gasteiger partial charge >= 0.3 is 0 Å². The van der Waals surface area contributed by atoms with Crippen molar-refractivity contribution in [3.63, 3.8) is 0 Å². The van der Waals surface area contributed by atoms with Gasteiger partial charge in [0.2, 0.25) is 0 Å². The van der Waals surface area contributed by atoms with Crippen LogP contribution in [0.25, 0.3) is 32.9 Å². The SMILES string of the molecule is Brc1ccc(-c2cc(COCc3cn(Cc4ccccc4)nn3)c3ccc4ccccc4c3n2)cc1. The molecule has 0 saturated carbocycles. The van der Waals surface area contributed by atoms with E-state index in [2.05, 4.69) is 93.0 Å². The van der Waals surface area contributed by atoms with Gasteiger partial charge in [-0.1, -0.05) is 100 Å². The zero-order valence-corrected chi connectivity index (χ0v) is 21.1. The zero-order valence-electron chi connectivity index (χ0n) is 19.5. The lowest BCUT2D eigenvalue weighted by Gasteiger charge is -2.12.